The van der Waals surface area contributed by atoms with Crippen molar-refractivity contribution in [3.05, 3.63) is 77.9 Å². The molecule has 3 aromatic rings. The van der Waals surface area contributed by atoms with Gasteiger partial charge in [-0.15, -0.1) is 0 Å². The quantitative estimate of drug-likeness (QED) is 0.735. The topological polar surface area (TPSA) is 24.5 Å². The predicted molar refractivity (Wildman–Crippen MR) is 109 cm³/mol. The van der Waals surface area contributed by atoms with Crippen molar-refractivity contribution in [2.24, 2.45) is 0 Å². The maximum Gasteiger partial charge on any atom is 0.0642 e. The van der Waals surface area contributed by atoms with E-state index in [-0.39, 0.29) is 0 Å². The van der Waals surface area contributed by atoms with Crippen LogP contribution in [0.25, 0.3) is 10.8 Å². The van der Waals surface area contributed by atoms with E-state index in [0.29, 0.717) is 6.04 Å². The number of nitrogens with zero attached hydrogens (tertiary/aromatic N) is 1. The maximum absolute atomic E-state index is 5.43. The Balaban J connectivity index is 1.41. The second-order valence-corrected chi connectivity index (χ2v) is 6.94. The van der Waals surface area contributed by atoms with Crippen LogP contribution in [0.1, 0.15) is 24.1 Å². The number of hydrogen-bond acceptors (Lipinski definition) is 3. The summed E-state index contributed by atoms with van der Waals surface area (Å²) in [6.07, 6.45) is 0. The molecule has 0 aromatic heterocycles. The van der Waals surface area contributed by atoms with E-state index in [1.54, 1.807) is 0 Å². The molecule has 1 aliphatic heterocycles. The number of morpholine rings is 1. The van der Waals surface area contributed by atoms with Gasteiger partial charge >= 0.3 is 0 Å². The Bertz CT molecular complexity index is 848. The fourth-order valence-corrected chi connectivity index (χ4v) is 3.66. The standard InChI is InChI=1S/C23H26N2O/c1-18(22-8-4-6-20-5-2-3-7-23(20)22)24-17-19-9-11-21(12-10-19)25-13-15-26-16-14-25/h2-12,18,24H,13-17H2,1H3. The van der Waals surface area contributed by atoms with Gasteiger partial charge < -0.3 is 15.0 Å². The Morgan fingerprint density at radius 2 is 1.65 bits per heavy atom. The summed E-state index contributed by atoms with van der Waals surface area (Å²) in [5.74, 6) is 0. The number of benzene rings is 3. The molecule has 0 amide bonds. The van der Waals surface area contributed by atoms with Crippen LogP contribution in [0.4, 0.5) is 5.69 Å². The van der Waals surface area contributed by atoms with Gasteiger partial charge in [-0.2, -0.15) is 0 Å². The summed E-state index contributed by atoms with van der Waals surface area (Å²) in [6, 6.07) is 24.4. The molecule has 0 spiro atoms. The molecular weight excluding hydrogens is 320 g/mol. The van der Waals surface area contributed by atoms with Gasteiger partial charge in [-0.3, -0.25) is 0 Å². The molecule has 0 radical (unpaired) electrons. The normalized spacial score (nSPS) is 16.0. The second-order valence-electron chi connectivity index (χ2n) is 6.94. The summed E-state index contributed by atoms with van der Waals surface area (Å²) in [6.45, 7) is 6.72. The molecule has 0 bridgehead atoms. The van der Waals surface area contributed by atoms with Gasteiger partial charge in [0.2, 0.25) is 0 Å². The molecule has 134 valence electrons. The average Bonchev–Trinajstić information content (AvgIpc) is 2.72. The molecule has 1 saturated heterocycles. The Morgan fingerprint density at radius 3 is 2.46 bits per heavy atom. The van der Waals surface area contributed by atoms with Gasteiger partial charge in [0, 0.05) is 31.4 Å². The molecule has 26 heavy (non-hydrogen) atoms. The largest absolute Gasteiger partial charge is 0.378 e. The molecule has 0 saturated carbocycles. The zero-order valence-electron chi connectivity index (χ0n) is 15.3. The molecule has 4 rings (SSSR count). The lowest BCUT2D eigenvalue weighted by Crippen LogP contribution is -2.36. The van der Waals surface area contributed by atoms with Gasteiger partial charge in [-0.25, -0.2) is 0 Å². The zero-order valence-corrected chi connectivity index (χ0v) is 15.3. The monoisotopic (exact) mass is 346 g/mol. The second kappa shape index (κ2) is 7.90. The number of nitrogens with one attached hydrogen (secondary N) is 1. The Labute approximate surface area is 155 Å². The van der Waals surface area contributed by atoms with Crippen LogP contribution in [-0.4, -0.2) is 26.3 Å². The van der Waals surface area contributed by atoms with Crippen LogP contribution < -0.4 is 10.2 Å². The van der Waals surface area contributed by atoms with Gasteiger partial charge in [-0.1, -0.05) is 54.6 Å². The maximum atomic E-state index is 5.43. The molecule has 0 aliphatic carbocycles. The van der Waals surface area contributed by atoms with Crippen molar-refractivity contribution in [1.29, 1.82) is 0 Å². The molecular formula is C23H26N2O. The van der Waals surface area contributed by atoms with Crippen LogP contribution in [-0.2, 0) is 11.3 Å². The summed E-state index contributed by atoms with van der Waals surface area (Å²) in [5, 5.41) is 6.30. The fourth-order valence-electron chi connectivity index (χ4n) is 3.66. The first-order valence-corrected chi connectivity index (χ1v) is 9.44. The summed E-state index contributed by atoms with van der Waals surface area (Å²) in [5.41, 5.74) is 3.96. The van der Waals surface area contributed by atoms with Gasteiger partial charge in [-0.05, 0) is 41.0 Å². The molecule has 1 fully saturated rings. The molecule has 1 unspecified atom stereocenters. The van der Waals surface area contributed by atoms with Gasteiger partial charge in [0.15, 0.2) is 0 Å². The van der Waals surface area contributed by atoms with Crippen LogP contribution in [0.3, 0.4) is 0 Å². The third-order valence-corrected chi connectivity index (χ3v) is 5.21. The highest BCUT2D eigenvalue weighted by molar-refractivity contribution is 5.86. The summed E-state index contributed by atoms with van der Waals surface area (Å²) in [7, 11) is 0. The number of fused-ring (bicyclic) bond motifs is 1. The average molecular weight is 346 g/mol. The Hall–Kier alpha value is -2.36. The zero-order chi connectivity index (χ0) is 17.8. The first-order valence-electron chi connectivity index (χ1n) is 9.44. The highest BCUT2D eigenvalue weighted by Gasteiger charge is 2.11. The minimum Gasteiger partial charge on any atom is -0.378 e. The molecule has 3 nitrogen and oxygen atoms in total. The minimum atomic E-state index is 0.306. The first kappa shape index (κ1) is 17.1. The lowest BCUT2D eigenvalue weighted by atomic mass is 9.99. The minimum absolute atomic E-state index is 0.306. The van der Waals surface area contributed by atoms with E-state index in [1.807, 2.05) is 0 Å². The molecule has 1 N–H and O–H groups in total. The predicted octanol–water partition coefficient (Wildman–Crippen LogP) is 4.53. The highest BCUT2D eigenvalue weighted by Crippen LogP contribution is 2.24. The van der Waals surface area contributed by atoms with Crippen LogP contribution >= 0.6 is 0 Å². The summed E-state index contributed by atoms with van der Waals surface area (Å²) < 4.78 is 5.43. The fraction of sp³-hybridized carbons (Fsp3) is 0.304. The SMILES string of the molecule is CC(NCc1ccc(N2CCOCC2)cc1)c1cccc2ccccc12. The molecule has 3 aromatic carbocycles. The Kier molecular flexibility index (Phi) is 5.19. The number of ether oxygens (including phenoxy) is 1. The van der Waals surface area contributed by atoms with Gasteiger partial charge in [0.05, 0.1) is 13.2 Å². The van der Waals surface area contributed by atoms with E-state index >= 15 is 0 Å². The van der Waals surface area contributed by atoms with Crippen molar-refractivity contribution in [3.63, 3.8) is 0 Å². The van der Waals surface area contributed by atoms with E-state index in [1.165, 1.54) is 27.6 Å². The van der Waals surface area contributed by atoms with Crippen LogP contribution in [0.5, 0.6) is 0 Å². The third kappa shape index (κ3) is 3.74. The van der Waals surface area contributed by atoms with Crippen LogP contribution in [0, 0.1) is 0 Å². The lowest BCUT2D eigenvalue weighted by molar-refractivity contribution is 0.122. The lowest BCUT2D eigenvalue weighted by Gasteiger charge is -2.29. The van der Waals surface area contributed by atoms with E-state index < -0.39 is 0 Å². The summed E-state index contributed by atoms with van der Waals surface area (Å²) in [4.78, 5) is 2.39. The summed E-state index contributed by atoms with van der Waals surface area (Å²) >= 11 is 0. The molecule has 1 aliphatic rings. The van der Waals surface area contributed by atoms with E-state index in [2.05, 4.69) is 83.9 Å². The van der Waals surface area contributed by atoms with E-state index in [4.69, 9.17) is 4.74 Å². The molecule has 3 heteroatoms. The number of anilines is 1. The van der Waals surface area contributed by atoms with E-state index in [9.17, 15) is 0 Å². The first-order chi connectivity index (χ1) is 12.8. The third-order valence-electron chi connectivity index (χ3n) is 5.21. The van der Waals surface area contributed by atoms with Crippen molar-refractivity contribution in [1.82, 2.24) is 5.32 Å². The van der Waals surface area contributed by atoms with Crippen molar-refractivity contribution in [3.8, 4) is 0 Å². The van der Waals surface area contributed by atoms with Crippen molar-refractivity contribution < 1.29 is 4.74 Å². The van der Waals surface area contributed by atoms with Gasteiger partial charge in [0.25, 0.3) is 0 Å². The van der Waals surface area contributed by atoms with Crippen LogP contribution in [0.15, 0.2) is 66.7 Å². The van der Waals surface area contributed by atoms with Crippen molar-refractivity contribution in [2.75, 3.05) is 31.2 Å². The Morgan fingerprint density at radius 1 is 0.923 bits per heavy atom. The van der Waals surface area contributed by atoms with Crippen LogP contribution in [0.2, 0.25) is 0 Å². The van der Waals surface area contributed by atoms with Crippen molar-refractivity contribution in [2.45, 2.75) is 19.5 Å². The molecule has 1 atom stereocenters. The smallest absolute Gasteiger partial charge is 0.0642 e. The van der Waals surface area contributed by atoms with Crippen molar-refractivity contribution >= 4 is 16.5 Å². The van der Waals surface area contributed by atoms with Gasteiger partial charge in [0.1, 0.15) is 0 Å². The number of hydrogen-bond donors (Lipinski definition) is 1. The molecule has 1 heterocycles. The highest BCUT2D eigenvalue weighted by atomic mass is 16.5. The van der Waals surface area contributed by atoms with E-state index in [0.717, 1.165) is 32.8 Å². The number of rotatable bonds is 5.